The molecule has 1 aromatic heterocycles. The Labute approximate surface area is 170 Å². The molecule has 1 nitrogen and oxygen atoms in total. The molecule has 1 heterocycles. The van der Waals surface area contributed by atoms with Crippen molar-refractivity contribution in [1.82, 2.24) is 0 Å². The molecule has 0 saturated carbocycles. The summed E-state index contributed by atoms with van der Waals surface area (Å²) in [7, 11) is 0. The maximum absolute atomic E-state index is 3.59. The average Bonchev–Trinajstić information content (AvgIpc) is 3.06. The van der Waals surface area contributed by atoms with Crippen LogP contribution in [0.25, 0.3) is 20.2 Å². The van der Waals surface area contributed by atoms with Crippen molar-refractivity contribution >= 4 is 64.5 Å². The Bertz CT molecular complexity index is 1190. The molecule has 3 heteroatoms. The van der Waals surface area contributed by atoms with Crippen LogP contribution in [0.3, 0.4) is 0 Å². The van der Waals surface area contributed by atoms with Crippen LogP contribution in [0, 0.1) is 0 Å². The van der Waals surface area contributed by atoms with Gasteiger partial charge >= 0.3 is 0 Å². The number of para-hydroxylation sites is 2. The second-order valence-electron chi connectivity index (χ2n) is 6.43. The van der Waals surface area contributed by atoms with E-state index in [1.807, 2.05) is 11.3 Å². The zero-order chi connectivity index (χ0) is 18.2. The number of fused-ring (bicyclic) bond motifs is 3. The van der Waals surface area contributed by atoms with E-state index in [1.54, 1.807) is 0 Å². The van der Waals surface area contributed by atoms with Crippen molar-refractivity contribution < 1.29 is 0 Å². The number of anilines is 3. The van der Waals surface area contributed by atoms with Gasteiger partial charge in [0.1, 0.15) is 0 Å². The van der Waals surface area contributed by atoms with Crippen LogP contribution in [-0.4, -0.2) is 0 Å². The van der Waals surface area contributed by atoms with E-state index in [4.69, 9.17) is 0 Å². The molecule has 0 saturated heterocycles. The van der Waals surface area contributed by atoms with Gasteiger partial charge in [0, 0.05) is 41.7 Å². The molecule has 0 atom stereocenters. The van der Waals surface area contributed by atoms with E-state index in [9.17, 15) is 0 Å². The smallest absolute Gasteiger partial charge is 0.0476 e. The first-order valence-corrected chi connectivity index (χ1v) is 10.4. The number of nitrogens with zero attached hydrogens (tertiary/aromatic N) is 1. The second-order valence-corrected chi connectivity index (χ2v) is 8.43. The molecule has 0 aliphatic heterocycles. The lowest BCUT2D eigenvalue weighted by atomic mass is 10.1. The maximum Gasteiger partial charge on any atom is 0.0476 e. The van der Waals surface area contributed by atoms with E-state index in [0.29, 0.717) is 0 Å². The molecule has 0 aliphatic rings. The third kappa shape index (κ3) is 3.03. The van der Waals surface area contributed by atoms with Crippen LogP contribution in [0.4, 0.5) is 17.1 Å². The summed E-state index contributed by atoms with van der Waals surface area (Å²) < 4.78 is 3.73. The highest BCUT2D eigenvalue weighted by atomic mass is 79.9. The van der Waals surface area contributed by atoms with Crippen LogP contribution in [0.15, 0.2) is 102 Å². The largest absolute Gasteiger partial charge is 0.310 e. The number of hydrogen-bond donors (Lipinski definition) is 0. The summed E-state index contributed by atoms with van der Waals surface area (Å²) in [4.78, 5) is 2.31. The normalized spacial score (nSPS) is 11.1. The van der Waals surface area contributed by atoms with Gasteiger partial charge in [-0.05, 0) is 48.5 Å². The Morgan fingerprint density at radius 3 is 1.74 bits per heavy atom. The van der Waals surface area contributed by atoms with Gasteiger partial charge in [0.15, 0.2) is 0 Å². The molecule has 0 fully saturated rings. The summed E-state index contributed by atoms with van der Waals surface area (Å²) in [6.07, 6.45) is 0. The van der Waals surface area contributed by atoms with Crippen molar-refractivity contribution in [2.24, 2.45) is 0 Å². The lowest BCUT2D eigenvalue weighted by Crippen LogP contribution is -2.09. The molecule has 130 valence electrons. The quantitative estimate of drug-likeness (QED) is 0.278. The number of thiophene rings is 1. The molecule has 0 aliphatic carbocycles. The minimum Gasteiger partial charge on any atom is -0.310 e. The van der Waals surface area contributed by atoms with Gasteiger partial charge in [-0.3, -0.25) is 0 Å². The highest BCUT2D eigenvalue weighted by Crippen LogP contribution is 2.40. The van der Waals surface area contributed by atoms with Gasteiger partial charge in [-0.25, -0.2) is 0 Å². The van der Waals surface area contributed by atoms with Crippen molar-refractivity contribution in [3.8, 4) is 0 Å². The van der Waals surface area contributed by atoms with Gasteiger partial charge in [0.25, 0.3) is 0 Å². The standard InChI is InChI=1S/C24H16BrNS/c25-17-11-13-21-22-14-12-20(16-24(22)27-23(21)15-17)26(18-7-3-1-4-8-18)19-9-5-2-6-10-19/h1-16H. The number of rotatable bonds is 3. The molecule has 4 aromatic carbocycles. The van der Waals surface area contributed by atoms with Crippen LogP contribution in [0.5, 0.6) is 0 Å². The predicted molar refractivity (Wildman–Crippen MR) is 122 cm³/mol. The topological polar surface area (TPSA) is 3.24 Å². The Hall–Kier alpha value is -2.62. The van der Waals surface area contributed by atoms with E-state index >= 15 is 0 Å². The Morgan fingerprint density at radius 2 is 1.11 bits per heavy atom. The molecule has 27 heavy (non-hydrogen) atoms. The van der Waals surface area contributed by atoms with Gasteiger partial charge in [-0.1, -0.05) is 64.5 Å². The van der Waals surface area contributed by atoms with Gasteiger partial charge in [0.2, 0.25) is 0 Å². The Balaban J connectivity index is 1.71. The SMILES string of the molecule is Brc1ccc2c(c1)sc1cc(N(c3ccccc3)c3ccccc3)ccc12. The Kier molecular flexibility index (Phi) is 4.19. The van der Waals surface area contributed by atoms with E-state index in [0.717, 1.165) is 15.8 Å². The first kappa shape index (κ1) is 16.5. The Morgan fingerprint density at radius 1 is 0.556 bits per heavy atom. The van der Waals surface area contributed by atoms with E-state index in [2.05, 4.69) is 118 Å². The second kappa shape index (κ2) is 6.84. The van der Waals surface area contributed by atoms with Crippen LogP contribution >= 0.6 is 27.3 Å². The summed E-state index contributed by atoms with van der Waals surface area (Å²) in [5.41, 5.74) is 3.49. The van der Waals surface area contributed by atoms with Gasteiger partial charge in [-0.15, -0.1) is 11.3 Å². The molecule has 0 bridgehead atoms. The van der Waals surface area contributed by atoms with Crippen molar-refractivity contribution in [2.75, 3.05) is 4.90 Å². The number of hydrogen-bond acceptors (Lipinski definition) is 2. The fourth-order valence-electron chi connectivity index (χ4n) is 3.48. The van der Waals surface area contributed by atoms with Gasteiger partial charge < -0.3 is 4.90 Å². The third-order valence-electron chi connectivity index (χ3n) is 4.71. The van der Waals surface area contributed by atoms with Gasteiger partial charge in [-0.2, -0.15) is 0 Å². The van der Waals surface area contributed by atoms with E-state index in [-0.39, 0.29) is 0 Å². The fourth-order valence-corrected chi connectivity index (χ4v) is 5.17. The lowest BCUT2D eigenvalue weighted by Gasteiger charge is -2.25. The van der Waals surface area contributed by atoms with Gasteiger partial charge in [0.05, 0.1) is 0 Å². The zero-order valence-electron chi connectivity index (χ0n) is 14.5. The van der Waals surface area contributed by atoms with Crippen LogP contribution in [0.1, 0.15) is 0 Å². The fraction of sp³-hybridized carbons (Fsp3) is 0. The third-order valence-corrected chi connectivity index (χ3v) is 6.31. The van der Waals surface area contributed by atoms with Crippen molar-refractivity contribution in [1.29, 1.82) is 0 Å². The van der Waals surface area contributed by atoms with Crippen molar-refractivity contribution in [3.05, 3.63) is 102 Å². The van der Waals surface area contributed by atoms with Crippen LogP contribution in [-0.2, 0) is 0 Å². The maximum atomic E-state index is 3.59. The average molecular weight is 430 g/mol. The van der Waals surface area contributed by atoms with Crippen molar-refractivity contribution in [3.63, 3.8) is 0 Å². The zero-order valence-corrected chi connectivity index (χ0v) is 16.9. The highest BCUT2D eigenvalue weighted by molar-refractivity contribution is 9.10. The molecule has 5 aromatic rings. The van der Waals surface area contributed by atoms with Crippen molar-refractivity contribution in [2.45, 2.75) is 0 Å². The summed E-state index contributed by atoms with van der Waals surface area (Å²) in [5.74, 6) is 0. The molecule has 0 radical (unpaired) electrons. The minimum absolute atomic E-state index is 1.12. The molecule has 0 N–H and O–H groups in total. The van der Waals surface area contributed by atoms with E-state index in [1.165, 1.54) is 25.9 Å². The first-order chi connectivity index (χ1) is 13.3. The highest BCUT2D eigenvalue weighted by Gasteiger charge is 2.14. The molecule has 0 spiro atoms. The molecule has 5 rings (SSSR count). The molecular weight excluding hydrogens is 414 g/mol. The molecule has 0 amide bonds. The number of benzene rings is 4. The minimum atomic E-state index is 1.12. The summed E-state index contributed by atoms with van der Waals surface area (Å²) in [5, 5.41) is 2.63. The number of halogens is 1. The first-order valence-electron chi connectivity index (χ1n) is 8.82. The van der Waals surface area contributed by atoms with E-state index < -0.39 is 0 Å². The van der Waals surface area contributed by atoms with Crippen LogP contribution in [0.2, 0.25) is 0 Å². The summed E-state index contributed by atoms with van der Waals surface area (Å²) >= 11 is 5.43. The molecular formula is C24H16BrNS. The lowest BCUT2D eigenvalue weighted by molar-refractivity contribution is 1.29. The van der Waals surface area contributed by atoms with Crippen LogP contribution < -0.4 is 4.90 Å². The summed E-state index contributed by atoms with van der Waals surface area (Å²) in [6, 6.07) is 34.3. The molecule has 0 unspecified atom stereocenters. The monoisotopic (exact) mass is 429 g/mol. The summed E-state index contributed by atoms with van der Waals surface area (Å²) in [6.45, 7) is 0. The predicted octanol–water partition coefficient (Wildman–Crippen LogP) is 8.29.